The smallest absolute Gasteiger partial charge is 0.231 e. The van der Waals surface area contributed by atoms with E-state index in [4.69, 9.17) is 25.8 Å². The van der Waals surface area contributed by atoms with Crippen LogP contribution in [0.3, 0.4) is 0 Å². The standard InChI is InChI=1S/C12H9ClN2O3/c1-7-4-11(15-12(13)14-7)18-8-2-3-9-10(5-8)17-6-16-9/h2-5H,6H2,1H3. The molecule has 1 aliphatic heterocycles. The van der Waals surface area contributed by atoms with E-state index in [0.717, 1.165) is 5.69 Å². The molecule has 5 nitrogen and oxygen atoms in total. The molecule has 2 heterocycles. The maximum absolute atomic E-state index is 5.76. The van der Waals surface area contributed by atoms with Gasteiger partial charge in [0, 0.05) is 17.8 Å². The fourth-order valence-corrected chi connectivity index (χ4v) is 1.83. The van der Waals surface area contributed by atoms with Crippen molar-refractivity contribution in [3.8, 4) is 23.1 Å². The number of benzene rings is 1. The first kappa shape index (κ1) is 11.1. The molecule has 2 aromatic rings. The molecule has 92 valence electrons. The maximum Gasteiger partial charge on any atom is 0.231 e. The minimum atomic E-state index is 0.158. The molecule has 3 rings (SSSR count). The van der Waals surface area contributed by atoms with Crippen molar-refractivity contribution in [3.05, 3.63) is 35.2 Å². The predicted octanol–water partition coefficient (Wildman–Crippen LogP) is 2.96. The van der Waals surface area contributed by atoms with Crippen LogP contribution in [0, 0.1) is 6.92 Å². The van der Waals surface area contributed by atoms with Crippen LogP contribution in [-0.4, -0.2) is 16.8 Å². The van der Waals surface area contributed by atoms with Crippen LogP contribution in [0.2, 0.25) is 5.28 Å². The lowest BCUT2D eigenvalue weighted by atomic mass is 10.3. The number of aromatic nitrogens is 2. The van der Waals surface area contributed by atoms with Crippen molar-refractivity contribution in [1.82, 2.24) is 9.97 Å². The number of rotatable bonds is 2. The average Bonchev–Trinajstić information content (AvgIpc) is 2.74. The minimum Gasteiger partial charge on any atom is -0.454 e. The van der Waals surface area contributed by atoms with E-state index in [2.05, 4.69) is 9.97 Å². The number of ether oxygens (including phenoxy) is 3. The van der Waals surface area contributed by atoms with E-state index < -0.39 is 0 Å². The summed E-state index contributed by atoms with van der Waals surface area (Å²) in [7, 11) is 0. The summed E-state index contributed by atoms with van der Waals surface area (Å²) >= 11 is 5.76. The van der Waals surface area contributed by atoms with E-state index in [0.29, 0.717) is 23.1 Å². The van der Waals surface area contributed by atoms with Gasteiger partial charge in [-0.25, -0.2) is 4.98 Å². The van der Waals surface area contributed by atoms with E-state index in [1.54, 1.807) is 24.3 Å². The highest BCUT2D eigenvalue weighted by atomic mass is 35.5. The zero-order valence-electron chi connectivity index (χ0n) is 9.51. The highest BCUT2D eigenvalue weighted by Gasteiger charge is 2.14. The van der Waals surface area contributed by atoms with Crippen molar-refractivity contribution in [3.63, 3.8) is 0 Å². The van der Waals surface area contributed by atoms with Crippen LogP contribution < -0.4 is 14.2 Å². The van der Waals surface area contributed by atoms with Gasteiger partial charge in [0.25, 0.3) is 0 Å². The topological polar surface area (TPSA) is 53.5 Å². The molecule has 0 fully saturated rings. The summed E-state index contributed by atoms with van der Waals surface area (Å²) < 4.78 is 16.1. The molecule has 0 aliphatic carbocycles. The van der Waals surface area contributed by atoms with Crippen molar-refractivity contribution in [1.29, 1.82) is 0 Å². The van der Waals surface area contributed by atoms with E-state index in [9.17, 15) is 0 Å². The molecule has 18 heavy (non-hydrogen) atoms. The third-order valence-corrected chi connectivity index (χ3v) is 2.54. The van der Waals surface area contributed by atoms with E-state index in [-0.39, 0.29) is 12.1 Å². The first-order chi connectivity index (χ1) is 8.70. The summed E-state index contributed by atoms with van der Waals surface area (Å²) in [6.45, 7) is 2.05. The Morgan fingerprint density at radius 2 is 2.00 bits per heavy atom. The fourth-order valence-electron chi connectivity index (χ4n) is 1.62. The lowest BCUT2D eigenvalue weighted by Gasteiger charge is -2.06. The Morgan fingerprint density at radius 3 is 2.83 bits per heavy atom. The van der Waals surface area contributed by atoms with Gasteiger partial charge in [-0.2, -0.15) is 4.98 Å². The van der Waals surface area contributed by atoms with Crippen molar-refractivity contribution in [2.75, 3.05) is 6.79 Å². The van der Waals surface area contributed by atoms with Crippen LogP contribution in [0.25, 0.3) is 0 Å². The van der Waals surface area contributed by atoms with Crippen LogP contribution in [-0.2, 0) is 0 Å². The Kier molecular flexibility index (Phi) is 2.68. The molecular formula is C12H9ClN2O3. The Balaban J connectivity index is 1.88. The monoisotopic (exact) mass is 264 g/mol. The summed E-state index contributed by atoms with van der Waals surface area (Å²) in [5.74, 6) is 2.36. The van der Waals surface area contributed by atoms with E-state index >= 15 is 0 Å². The van der Waals surface area contributed by atoms with Crippen molar-refractivity contribution in [2.45, 2.75) is 6.92 Å². The third-order valence-electron chi connectivity index (χ3n) is 2.37. The van der Waals surface area contributed by atoms with Crippen LogP contribution in [0.5, 0.6) is 23.1 Å². The SMILES string of the molecule is Cc1cc(Oc2ccc3c(c2)OCO3)nc(Cl)n1. The molecule has 0 saturated heterocycles. The Labute approximate surface area is 108 Å². The van der Waals surface area contributed by atoms with Gasteiger partial charge in [0.1, 0.15) is 5.75 Å². The second-order valence-electron chi connectivity index (χ2n) is 3.73. The van der Waals surface area contributed by atoms with Crippen LogP contribution in [0.1, 0.15) is 5.69 Å². The summed E-state index contributed by atoms with van der Waals surface area (Å²) in [5, 5.41) is 0.158. The first-order valence-corrected chi connectivity index (χ1v) is 5.67. The fraction of sp³-hybridized carbons (Fsp3) is 0.167. The van der Waals surface area contributed by atoms with Gasteiger partial charge in [-0.05, 0) is 30.7 Å². The number of halogens is 1. The van der Waals surface area contributed by atoms with Gasteiger partial charge in [0.15, 0.2) is 11.5 Å². The average molecular weight is 265 g/mol. The van der Waals surface area contributed by atoms with E-state index in [1.165, 1.54) is 0 Å². The molecular weight excluding hydrogens is 256 g/mol. The molecule has 0 radical (unpaired) electrons. The normalized spacial score (nSPS) is 12.6. The molecule has 0 spiro atoms. The zero-order chi connectivity index (χ0) is 12.5. The Hall–Kier alpha value is -2.01. The predicted molar refractivity (Wildman–Crippen MR) is 64.4 cm³/mol. The molecule has 0 saturated carbocycles. The van der Waals surface area contributed by atoms with Gasteiger partial charge in [-0.1, -0.05) is 0 Å². The molecule has 1 aliphatic rings. The number of fused-ring (bicyclic) bond motifs is 1. The quantitative estimate of drug-likeness (QED) is 0.781. The number of aryl methyl sites for hydroxylation is 1. The van der Waals surface area contributed by atoms with Gasteiger partial charge in [0.2, 0.25) is 18.0 Å². The molecule has 0 N–H and O–H groups in total. The third kappa shape index (κ3) is 2.17. The zero-order valence-corrected chi connectivity index (χ0v) is 10.3. The second kappa shape index (κ2) is 4.34. The number of hydrogen-bond acceptors (Lipinski definition) is 5. The maximum atomic E-state index is 5.76. The van der Waals surface area contributed by atoms with Crippen LogP contribution in [0.15, 0.2) is 24.3 Å². The van der Waals surface area contributed by atoms with Gasteiger partial charge in [0.05, 0.1) is 0 Å². The Bertz CT molecular complexity index is 584. The summed E-state index contributed by atoms with van der Waals surface area (Å²) in [5.41, 5.74) is 0.741. The van der Waals surface area contributed by atoms with Crippen molar-refractivity contribution < 1.29 is 14.2 Å². The minimum absolute atomic E-state index is 0.158. The highest BCUT2D eigenvalue weighted by Crippen LogP contribution is 2.36. The highest BCUT2D eigenvalue weighted by molar-refractivity contribution is 6.28. The van der Waals surface area contributed by atoms with E-state index in [1.807, 2.05) is 6.92 Å². The molecule has 0 unspecified atom stereocenters. The summed E-state index contributed by atoms with van der Waals surface area (Å²) in [4.78, 5) is 7.95. The molecule has 1 aromatic carbocycles. The largest absolute Gasteiger partial charge is 0.454 e. The van der Waals surface area contributed by atoms with Gasteiger partial charge < -0.3 is 14.2 Å². The van der Waals surface area contributed by atoms with Gasteiger partial charge in [-0.3, -0.25) is 0 Å². The first-order valence-electron chi connectivity index (χ1n) is 5.29. The molecule has 0 atom stereocenters. The van der Waals surface area contributed by atoms with Crippen molar-refractivity contribution >= 4 is 11.6 Å². The lowest BCUT2D eigenvalue weighted by molar-refractivity contribution is 0.174. The number of hydrogen-bond donors (Lipinski definition) is 0. The van der Waals surface area contributed by atoms with Crippen molar-refractivity contribution in [2.24, 2.45) is 0 Å². The van der Waals surface area contributed by atoms with Crippen LogP contribution >= 0.6 is 11.6 Å². The molecule has 6 heteroatoms. The second-order valence-corrected chi connectivity index (χ2v) is 4.07. The number of nitrogens with zero attached hydrogens (tertiary/aromatic N) is 2. The Morgan fingerprint density at radius 1 is 1.17 bits per heavy atom. The summed E-state index contributed by atoms with van der Waals surface area (Å²) in [6, 6.07) is 7.01. The van der Waals surface area contributed by atoms with Gasteiger partial charge >= 0.3 is 0 Å². The van der Waals surface area contributed by atoms with Gasteiger partial charge in [-0.15, -0.1) is 0 Å². The molecule has 1 aromatic heterocycles. The van der Waals surface area contributed by atoms with Crippen LogP contribution in [0.4, 0.5) is 0 Å². The summed E-state index contributed by atoms with van der Waals surface area (Å²) in [6.07, 6.45) is 0. The lowest BCUT2D eigenvalue weighted by Crippen LogP contribution is -1.93. The molecule has 0 amide bonds. The molecule has 0 bridgehead atoms.